The summed E-state index contributed by atoms with van der Waals surface area (Å²) in [5, 5.41) is 0.728. The van der Waals surface area contributed by atoms with Gasteiger partial charge in [0.1, 0.15) is 19.0 Å². The monoisotopic (exact) mass is 396 g/mol. The Morgan fingerprint density at radius 1 is 1.17 bits per heavy atom. The molecular weight excluding hydrogens is 376 g/mol. The van der Waals surface area contributed by atoms with Gasteiger partial charge in [0.05, 0.1) is 30.9 Å². The molecule has 2 atom stereocenters. The maximum atomic E-state index is 13.5. The number of nitrogens with zero attached hydrogens (tertiary/aromatic N) is 1. The Morgan fingerprint density at radius 2 is 1.93 bits per heavy atom. The number of amides is 1. The third-order valence-corrected chi connectivity index (χ3v) is 5.77. The van der Waals surface area contributed by atoms with Crippen molar-refractivity contribution >= 4 is 22.3 Å². The number of nitrogens with two attached hydrogens (primary N) is 1. The fourth-order valence-electron chi connectivity index (χ4n) is 4.50. The van der Waals surface area contributed by atoms with Gasteiger partial charge in [-0.15, -0.1) is 0 Å². The van der Waals surface area contributed by atoms with Crippen LogP contribution in [0.25, 0.3) is 16.3 Å². The van der Waals surface area contributed by atoms with E-state index in [2.05, 4.69) is 0 Å². The number of rotatable bonds is 3. The first kappa shape index (κ1) is 18.0. The highest BCUT2D eigenvalue weighted by Gasteiger charge is 2.36. The molecule has 3 heterocycles. The third-order valence-electron chi connectivity index (χ3n) is 5.77. The number of fused-ring (bicyclic) bond motifs is 5. The Bertz CT molecular complexity index is 1180. The topological polar surface area (TPSA) is 102 Å². The van der Waals surface area contributed by atoms with Crippen LogP contribution in [0, 0.1) is 0 Å². The van der Waals surface area contributed by atoms with Crippen LogP contribution in [0.1, 0.15) is 22.5 Å². The van der Waals surface area contributed by atoms with Gasteiger partial charge in [-0.3, -0.25) is 9.59 Å². The molecule has 1 aromatic heterocycles. The van der Waals surface area contributed by atoms with Crippen molar-refractivity contribution in [3.05, 3.63) is 51.5 Å². The van der Waals surface area contributed by atoms with E-state index >= 15 is 0 Å². The molecule has 2 unspecified atom stereocenters. The average Bonchev–Trinajstić information content (AvgIpc) is 3.18. The van der Waals surface area contributed by atoms with Gasteiger partial charge in [0.2, 0.25) is 0 Å². The van der Waals surface area contributed by atoms with Gasteiger partial charge in [0, 0.05) is 17.5 Å². The molecule has 1 aromatic carbocycles. The van der Waals surface area contributed by atoms with Gasteiger partial charge >= 0.3 is 0 Å². The van der Waals surface area contributed by atoms with Crippen molar-refractivity contribution in [2.75, 3.05) is 21.0 Å². The summed E-state index contributed by atoms with van der Waals surface area (Å²) in [6.45, 7) is 0.638. The smallest absolute Gasteiger partial charge is 0.262 e. The van der Waals surface area contributed by atoms with Crippen LogP contribution in [0.15, 0.2) is 34.7 Å². The number of pyridine rings is 1. The number of carbonyl (C=O) groups excluding carboxylic acids is 1. The second-order valence-corrected chi connectivity index (χ2v) is 7.17. The van der Waals surface area contributed by atoms with Gasteiger partial charge in [-0.2, -0.15) is 0 Å². The van der Waals surface area contributed by atoms with Crippen molar-refractivity contribution in [3.8, 4) is 11.5 Å². The van der Waals surface area contributed by atoms with Crippen LogP contribution in [-0.4, -0.2) is 43.7 Å². The zero-order valence-corrected chi connectivity index (χ0v) is 16.1. The average molecular weight is 396 g/mol. The Kier molecular flexibility index (Phi) is 4.01. The van der Waals surface area contributed by atoms with E-state index in [0.717, 1.165) is 11.1 Å². The molecule has 8 nitrogen and oxygen atoms in total. The first-order chi connectivity index (χ1) is 14.0. The lowest BCUT2D eigenvalue weighted by atomic mass is 9.84. The van der Waals surface area contributed by atoms with Crippen LogP contribution in [-0.2, 0) is 16.0 Å². The molecule has 8 heteroatoms. The predicted molar refractivity (Wildman–Crippen MR) is 105 cm³/mol. The van der Waals surface area contributed by atoms with Crippen molar-refractivity contribution in [1.82, 2.24) is 4.57 Å². The molecule has 0 saturated carbocycles. The lowest BCUT2D eigenvalue weighted by Crippen LogP contribution is -2.34. The van der Waals surface area contributed by atoms with Crippen LogP contribution in [0.4, 0.5) is 0 Å². The van der Waals surface area contributed by atoms with Crippen LogP contribution < -0.4 is 20.8 Å². The van der Waals surface area contributed by atoms with E-state index in [9.17, 15) is 9.59 Å². The maximum absolute atomic E-state index is 13.5. The zero-order chi connectivity index (χ0) is 20.3. The van der Waals surface area contributed by atoms with Gasteiger partial charge in [0.25, 0.3) is 11.5 Å². The van der Waals surface area contributed by atoms with Crippen LogP contribution in [0.3, 0.4) is 0 Å². The lowest BCUT2D eigenvalue weighted by molar-refractivity contribution is 0.0503. The minimum Gasteiger partial charge on any atom is -0.493 e. The molecule has 5 rings (SSSR count). The highest BCUT2D eigenvalue weighted by Crippen LogP contribution is 2.42. The Morgan fingerprint density at radius 3 is 2.62 bits per heavy atom. The number of ether oxygens (including phenoxy) is 4. The molecule has 0 radical (unpaired) electrons. The molecule has 0 spiro atoms. The van der Waals surface area contributed by atoms with Crippen molar-refractivity contribution in [3.63, 3.8) is 0 Å². The Hall–Kier alpha value is -3.10. The van der Waals surface area contributed by atoms with Crippen LogP contribution >= 0.6 is 0 Å². The second-order valence-electron chi connectivity index (χ2n) is 7.17. The van der Waals surface area contributed by atoms with Gasteiger partial charge < -0.3 is 29.2 Å². The molecule has 1 fully saturated rings. The maximum Gasteiger partial charge on any atom is 0.262 e. The summed E-state index contributed by atoms with van der Waals surface area (Å²) in [5.41, 5.74) is 8.20. The summed E-state index contributed by atoms with van der Waals surface area (Å²) < 4.78 is 23.6. The quantitative estimate of drug-likeness (QED) is 0.845. The highest BCUT2D eigenvalue weighted by molar-refractivity contribution is 6.12. The van der Waals surface area contributed by atoms with E-state index in [-0.39, 0.29) is 35.5 Å². The van der Waals surface area contributed by atoms with E-state index < -0.39 is 5.91 Å². The number of benzene rings is 1. The van der Waals surface area contributed by atoms with E-state index in [4.69, 9.17) is 24.7 Å². The highest BCUT2D eigenvalue weighted by atomic mass is 16.7. The minimum absolute atomic E-state index is 0.145. The second kappa shape index (κ2) is 6.47. The largest absolute Gasteiger partial charge is 0.493 e. The van der Waals surface area contributed by atoms with Gasteiger partial charge in [-0.05, 0) is 36.3 Å². The molecule has 150 valence electrons. The van der Waals surface area contributed by atoms with Crippen molar-refractivity contribution in [1.29, 1.82) is 0 Å². The Labute approximate surface area is 166 Å². The summed E-state index contributed by atoms with van der Waals surface area (Å²) in [5.74, 6) is 0.0962. The van der Waals surface area contributed by atoms with Crippen LogP contribution in [0.5, 0.6) is 11.5 Å². The summed E-state index contributed by atoms with van der Waals surface area (Å²) >= 11 is 0. The predicted octanol–water partition coefficient (Wildman–Crippen LogP) is 1.59. The van der Waals surface area contributed by atoms with Crippen molar-refractivity contribution < 1.29 is 23.7 Å². The standard InChI is InChI=1S/C21H20N2O6/c1-26-13-4-3-11-16(20(22)24)18-12-8-15-14(28-9-29-15)7-10(12)5-6-23(18)21(25)17(11)19(13)27-2/h3-4,7-8,14-15H,5-6,9H2,1-2H3,(H2,22,24). The van der Waals surface area contributed by atoms with Gasteiger partial charge in [0.15, 0.2) is 11.5 Å². The summed E-state index contributed by atoms with van der Waals surface area (Å²) in [7, 11) is 2.96. The molecular formula is C21H20N2O6. The first-order valence-electron chi connectivity index (χ1n) is 9.33. The normalized spacial score (nSPS) is 22.3. The number of methoxy groups -OCH3 is 2. The molecule has 2 N–H and O–H groups in total. The number of primary amides is 1. The fourth-order valence-corrected chi connectivity index (χ4v) is 4.50. The van der Waals surface area contributed by atoms with E-state index in [1.54, 1.807) is 16.7 Å². The summed E-state index contributed by atoms with van der Waals surface area (Å²) in [6, 6.07) is 3.35. The van der Waals surface area contributed by atoms with Crippen molar-refractivity contribution in [2.45, 2.75) is 25.2 Å². The van der Waals surface area contributed by atoms with Crippen LogP contribution in [0.2, 0.25) is 0 Å². The molecule has 2 aromatic rings. The number of aromatic nitrogens is 1. The molecule has 1 amide bonds. The lowest BCUT2D eigenvalue weighted by Gasteiger charge is -2.31. The van der Waals surface area contributed by atoms with E-state index in [1.165, 1.54) is 14.2 Å². The van der Waals surface area contributed by atoms with Gasteiger partial charge in [-0.25, -0.2) is 0 Å². The molecule has 3 aliphatic rings. The van der Waals surface area contributed by atoms with Crippen molar-refractivity contribution in [2.24, 2.45) is 5.73 Å². The third kappa shape index (κ3) is 2.46. The SMILES string of the molecule is COc1ccc2c(C(N)=O)c3n(c(=O)c2c1OC)CCC1=CC2OCOC2C=C13. The molecule has 0 bridgehead atoms. The minimum atomic E-state index is -0.612. The Balaban J connectivity index is 1.89. The molecule has 1 aliphatic carbocycles. The number of allylic oxidation sites excluding steroid dienone is 2. The summed E-state index contributed by atoms with van der Waals surface area (Å²) in [4.78, 5) is 26.1. The first-order valence-corrected chi connectivity index (χ1v) is 9.33. The van der Waals surface area contributed by atoms with E-state index in [1.807, 2.05) is 12.2 Å². The molecule has 1 saturated heterocycles. The number of hydrogen-bond donors (Lipinski definition) is 1. The summed E-state index contributed by atoms with van der Waals surface area (Å²) in [6.07, 6.45) is 4.19. The molecule has 29 heavy (non-hydrogen) atoms. The molecule has 2 aliphatic heterocycles. The number of hydrogen-bond acceptors (Lipinski definition) is 6. The fraction of sp³-hybridized carbons (Fsp3) is 0.333. The zero-order valence-electron chi connectivity index (χ0n) is 16.1. The van der Waals surface area contributed by atoms with E-state index in [0.29, 0.717) is 35.5 Å². The number of carbonyl (C=O) groups is 1. The van der Waals surface area contributed by atoms with Gasteiger partial charge in [-0.1, -0.05) is 0 Å².